The van der Waals surface area contributed by atoms with Crippen LogP contribution < -0.4 is 5.56 Å². The van der Waals surface area contributed by atoms with Crippen molar-refractivity contribution in [2.45, 2.75) is 57.4 Å². The number of nitrogens with zero attached hydrogens (tertiary/aromatic N) is 5. The maximum Gasteiger partial charge on any atom is 0.275 e. The Bertz CT molecular complexity index is 1860. The van der Waals surface area contributed by atoms with Crippen molar-refractivity contribution in [3.8, 4) is 11.3 Å². The normalized spacial score (nSPS) is 16.6. The molecule has 0 atom stereocenters. The molecule has 214 valence electrons. The Morgan fingerprint density at radius 1 is 1.02 bits per heavy atom. The summed E-state index contributed by atoms with van der Waals surface area (Å²) in [5.74, 6) is 0.443. The van der Waals surface area contributed by atoms with Crippen LogP contribution in [0.1, 0.15) is 56.7 Å². The zero-order valence-corrected chi connectivity index (χ0v) is 25.1. The summed E-state index contributed by atoms with van der Waals surface area (Å²) < 4.78 is 33.3. The maximum atomic E-state index is 14.4. The third kappa shape index (κ3) is 4.66. The molecule has 4 heterocycles. The van der Waals surface area contributed by atoms with Crippen molar-refractivity contribution in [2.75, 3.05) is 13.6 Å². The zero-order chi connectivity index (χ0) is 29.1. The first-order chi connectivity index (χ1) is 19.6. The molecule has 1 aliphatic heterocycles. The van der Waals surface area contributed by atoms with Crippen LogP contribution in [0.5, 0.6) is 0 Å². The van der Waals surface area contributed by atoms with E-state index in [0.29, 0.717) is 22.6 Å². The van der Waals surface area contributed by atoms with Crippen LogP contribution in [0.25, 0.3) is 27.7 Å². The number of hydrogen-bond donors (Lipinski definition) is 0. The van der Waals surface area contributed by atoms with Crippen molar-refractivity contribution in [1.82, 2.24) is 23.2 Å². The molecule has 2 aliphatic rings. The van der Waals surface area contributed by atoms with E-state index in [-0.39, 0.29) is 22.0 Å². The Morgan fingerprint density at radius 2 is 1.73 bits per heavy atom. The quantitative estimate of drug-likeness (QED) is 0.295. The highest BCUT2D eigenvalue weighted by Crippen LogP contribution is 2.43. The number of pyridine rings is 1. The van der Waals surface area contributed by atoms with Crippen molar-refractivity contribution >= 4 is 26.5 Å². The van der Waals surface area contributed by atoms with Crippen molar-refractivity contribution in [3.05, 3.63) is 88.3 Å². The van der Waals surface area contributed by atoms with E-state index >= 15 is 0 Å². The minimum atomic E-state index is -4.13. The number of aromatic nitrogens is 4. The van der Waals surface area contributed by atoms with E-state index in [0.717, 1.165) is 36.1 Å². The van der Waals surface area contributed by atoms with Crippen molar-refractivity contribution in [1.29, 1.82) is 0 Å². The summed E-state index contributed by atoms with van der Waals surface area (Å²) in [6.45, 7) is 6.70. The summed E-state index contributed by atoms with van der Waals surface area (Å²) in [4.78, 5) is 16.2. The van der Waals surface area contributed by atoms with Gasteiger partial charge < -0.3 is 9.47 Å². The highest BCUT2D eigenvalue weighted by atomic mass is 32.2. The Balaban J connectivity index is 1.67. The highest BCUT2D eigenvalue weighted by molar-refractivity contribution is 7.90. The number of fused-ring (bicyclic) bond motifs is 1. The SMILES string of the molecule is Cc1ccc(S(=O)(=O)n2c(-c3cnn(C(C)C)c3)cc3c(C4=CCN(C)C=C4C4CCCC4)cn(C)c(=O)c32)cc1. The van der Waals surface area contributed by atoms with Gasteiger partial charge in [-0.2, -0.15) is 5.10 Å². The van der Waals surface area contributed by atoms with Crippen LogP contribution in [0.4, 0.5) is 0 Å². The molecule has 3 aromatic heterocycles. The molecule has 8 nitrogen and oxygen atoms in total. The summed E-state index contributed by atoms with van der Waals surface area (Å²) in [5.41, 5.74) is 5.05. The van der Waals surface area contributed by atoms with Crippen LogP contribution in [-0.2, 0) is 17.1 Å². The highest BCUT2D eigenvalue weighted by Gasteiger charge is 2.31. The molecule has 0 bridgehead atoms. The third-order valence-electron chi connectivity index (χ3n) is 8.42. The van der Waals surface area contributed by atoms with E-state index in [1.807, 2.05) is 39.2 Å². The van der Waals surface area contributed by atoms with Crippen LogP contribution in [-0.4, -0.2) is 45.2 Å². The number of likely N-dealkylation sites (N-methyl/N-ethyl adjacent to an activating group) is 1. The lowest BCUT2D eigenvalue weighted by atomic mass is 9.85. The summed E-state index contributed by atoms with van der Waals surface area (Å²) >= 11 is 0. The fourth-order valence-electron chi connectivity index (χ4n) is 6.16. The van der Waals surface area contributed by atoms with Gasteiger partial charge in [-0.15, -0.1) is 0 Å². The van der Waals surface area contributed by atoms with Gasteiger partial charge in [-0.1, -0.05) is 36.6 Å². The van der Waals surface area contributed by atoms with Gasteiger partial charge in [-0.3, -0.25) is 9.48 Å². The van der Waals surface area contributed by atoms with E-state index in [1.165, 1.54) is 27.0 Å². The second kappa shape index (κ2) is 10.2. The lowest BCUT2D eigenvalue weighted by molar-refractivity contribution is 0.488. The van der Waals surface area contributed by atoms with Gasteiger partial charge in [-0.05, 0) is 68.9 Å². The predicted octanol–water partition coefficient (Wildman–Crippen LogP) is 5.73. The Morgan fingerprint density at radius 3 is 2.39 bits per heavy atom. The number of rotatable bonds is 6. The van der Waals surface area contributed by atoms with Crippen LogP contribution >= 0.6 is 0 Å². The lowest BCUT2D eigenvalue weighted by Crippen LogP contribution is -2.24. The molecule has 0 radical (unpaired) electrons. The lowest BCUT2D eigenvalue weighted by Gasteiger charge is -2.27. The second-order valence-electron chi connectivity index (χ2n) is 11.8. The molecule has 0 N–H and O–H groups in total. The van der Waals surface area contributed by atoms with Gasteiger partial charge in [-0.25, -0.2) is 12.4 Å². The van der Waals surface area contributed by atoms with Gasteiger partial charge in [0.15, 0.2) is 0 Å². The maximum absolute atomic E-state index is 14.4. The summed E-state index contributed by atoms with van der Waals surface area (Å²) in [7, 11) is -0.352. The van der Waals surface area contributed by atoms with Crippen molar-refractivity contribution < 1.29 is 8.42 Å². The first-order valence-electron chi connectivity index (χ1n) is 14.3. The summed E-state index contributed by atoms with van der Waals surface area (Å²) in [5, 5.41) is 5.13. The largest absolute Gasteiger partial charge is 0.376 e. The number of aryl methyl sites for hydroxylation is 2. The number of hydrogen-bond acceptors (Lipinski definition) is 5. The average molecular weight is 572 g/mol. The molecular weight excluding hydrogens is 534 g/mol. The van der Waals surface area contributed by atoms with Crippen LogP contribution in [0.2, 0.25) is 0 Å². The average Bonchev–Trinajstić information content (AvgIpc) is 3.71. The Kier molecular flexibility index (Phi) is 6.80. The second-order valence-corrected chi connectivity index (χ2v) is 13.5. The topological polar surface area (TPSA) is 82.1 Å². The molecule has 0 spiro atoms. The van der Waals surface area contributed by atoms with Gasteiger partial charge in [0.05, 0.1) is 16.8 Å². The Hall–Kier alpha value is -3.85. The molecule has 9 heteroatoms. The molecule has 41 heavy (non-hydrogen) atoms. The van der Waals surface area contributed by atoms with E-state index in [1.54, 1.807) is 42.2 Å². The van der Waals surface area contributed by atoms with Crippen LogP contribution in [0.15, 0.2) is 76.5 Å². The van der Waals surface area contributed by atoms with Crippen LogP contribution in [0.3, 0.4) is 0 Å². The van der Waals surface area contributed by atoms with Gasteiger partial charge in [0, 0.05) is 61.8 Å². The van der Waals surface area contributed by atoms with E-state index < -0.39 is 10.0 Å². The van der Waals surface area contributed by atoms with E-state index in [2.05, 4.69) is 29.3 Å². The number of allylic oxidation sites excluding steroid dienone is 2. The fourth-order valence-corrected chi connectivity index (χ4v) is 7.69. The molecule has 6 rings (SSSR count). The molecular formula is C32H37N5O3S. The molecule has 4 aromatic rings. The standard InChI is InChI=1S/C32H37N5O3S/c1-21(2)36-18-24(17-33-36)30-16-27-29(26-14-15-34(4)19-28(26)23-8-6-7-9-23)20-35(5)32(38)31(27)37(30)41(39,40)25-12-10-22(3)11-13-25/h10-14,16-21,23H,6-9,15H2,1-5H3. The monoisotopic (exact) mass is 571 g/mol. The third-order valence-corrected chi connectivity index (χ3v) is 10.1. The minimum Gasteiger partial charge on any atom is -0.376 e. The van der Waals surface area contributed by atoms with E-state index in [9.17, 15) is 13.2 Å². The minimum absolute atomic E-state index is 0.0993. The molecule has 0 amide bonds. The van der Waals surface area contributed by atoms with Gasteiger partial charge in [0.1, 0.15) is 5.52 Å². The molecule has 1 saturated carbocycles. The van der Waals surface area contributed by atoms with Gasteiger partial charge in [0.25, 0.3) is 15.6 Å². The first-order valence-corrected chi connectivity index (χ1v) is 15.7. The summed E-state index contributed by atoms with van der Waals surface area (Å²) in [6.07, 6.45) is 14.5. The van der Waals surface area contributed by atoms with Crippen molar-refractivity contribution in [2.24, 2.45) is 13.0 Å². The van der Waals surface area contributed by atoms with Gasteiger partial charge in [0.2, 0.25) is 0 Å². The molecule has 1 aliphatic carbocycles. The predicted molar refractivity (Wildman–Crippen MR) is 163 cm³/mol. The summed E-state index contributed by atoms with van der Waals surface area (Å²) in [6, 6.07) is 8.73. The molecule has 1 fully saturated rings. The first kappa shape index (κ1) is 27.3. The molecule has 1 aromatic carbocycles. The number of benzene rings is 1. The fraction of sp³-hybridized carbons (Fsp3) is 0.375. The molecule has 0 unspecified atom stereocenters. The zero-order valence-electron chi connectivity index (χ0n) is 24.3. The molecule has 0 saturated heterocycles. The van der Waals surface area contributed by atoms with Gasteiger partial charge >= 0.3 is 0 Å². The van der Waals surface area contributed by atoms with E-state index in [4.69, 9.17) is 0 Å². The Labute approximate surface area is 241 Å². The van der Waals surface area contributed by atoms with Crippen LogP contribution in [0, 0.1) is 12.8 Å². The van der Waals surface area contributed by atoms with Crippen molar-refractivity contribution in [3.63, 3.8) is 0 Å². The smallest absolute Gasteiger partial charge is 0.275 e.